The van der Waals surface area contributed by atoms with Gasteiger partial charge in [-0.2, -0.15) is 0 Å². The van der Waals surface area contributed by atoms with Crippen molar-refractivity contribution >= 4 is 34.2 Å². The van der Waals surface area contributed by atoms with Crippen molar-refractivity contribution in [3.63, 3.8) is 0 Å². The lowest BCUT2D eigenvalue weighted by Crippen LogP contribution is -2.41. The van der Waals surface area contributed by atoms with Gasteiger partial charge in [0.1, 0.15) is 6.04 Å². The molecule has 5 aromatic rings. The maximum Gasteiger partial charge on any atom is 0.259 e. The van der Waals surface area contributed by atoms with E-state index in [1.807, 2.05) is 58.8 Å². The van der Waals surface area contributed by atoms with Gasteiger partial charge in [-0.05, 0) is 53.6 Å². The van der Waals surface area contributed by atoms with Gasteiger partial charge in [-0.25, -0.2) is 4.98 Å². The van der Waals surface area contributed by atoms with E-state index in [2.05, 4.69) is 53.5 Å². The molecule has 1 aliphatic heterocycles. The fraction of sp³-hybridized carbons (Fsp3) is 0.237. The number of carbonyl (C=O) groups excluding carboxylic acids is 3. The number of pyridine rings is 1. The number of carbonyl (C=O) groups is 3. The van der Waals surface area contributed by atoms with Crippen molar-refractivity contribution in [1.29, 1.82) is 0 Å². The standard InChI is InChI=1S/C38H37N5O3S/c1-38(2,3)29-18-16-26(17-19-29)32-30(15-10-20-39-32)35(45)42-37-40-31(24-47-37)27-13-9-14-28(23-27)34(44)41-33(25-11-5-4-6-12-25)36(46)43-21-7-8-22-43/h4-6,9-20,23-24,33H,7-8,21-22H2,1-3H3,(H,41,44)(H,40,42,45)/t33-/m1/s1. The van der Waals surface area contributed by atoms with Crippen molar-refractivity contribution < 1.29 is 14.4 Å². The molecule has 238 valence electrons. The molecule has 1 fully saturated rings. The lowest BCUT2D eigenvalue weighted by Gasteiger charge is -2.24. The Labute approximate surface area is 278 Å². The predicted molar refractivity (Wildman–Crippen MR) is 186 cm³/mol. The highest BCUT2D eigenvalue weighted by molar-refractivity contribution is 7.14. The highest BCUT2D eigenvalue weighted by Gasteiger charge is 2.29. The molecule has 0 unspecified atom stereocenters. The first-order valence-corrected chi connectivity index (χ1v) is 16.6. The van der Waals surface area contributed by atoms with Gasteiger partial charge in [-0.3, -0.25) is 24.7 Å². The molecule has 47 heavy (non-hydrogen) atoms. The summed E-state index contributed by atoms with van der Waals surface area (Å²) in [4.78, 5) is 51.3. The second-order valence-electron chi connectivity index (χ2n) is 12.6. The van der Waals surface area contributed by atoms with Crippen LogP contribution in [0.5, 0.6) is 0 Å². The van der Waals surface area contributed by atoms with Crippen LogP contribution >= 0.6 is 11.3 Å². The first-order valence-electron chi connectivity index (χ1n) is 15.8. The van der Waals surface area contributed by atoms with Gasteiger partial charge in [0, 0.05) is 41.4 Å². The molecule has 6 rings (SSSR count). The van der Waals surface area contributed by atoms with E-state index in [4.69, 9.17) is 0 Å². The molecule has 2 N–H and O–H groups in total. The number of hydrogen-bond donors (Lipinski definition) is 2. The van der Waals surface area contributed by atoms with Crippen LogP contribution in [0.1, 0.15) is 71.5 Å². The minimum atomic E-state index is -0.777. The Hall–Kier alpha value is -5.15. The number of rotatable bonds is 8. The van der Waals surface area contributed by atoms with E-state index < -0.39 is 6.04 Å². The second kappa shape index (κ2) is 13.7. The molecule has 8 nitrogen and oxygen atoms in total. The highest BCUT2D eigenvalue weighted by Crippen LogP contribution is 2.29. The number of thiazole rings is 1. The van der Waals surface area contributed by atoms with Gasteiger partial charge in [0.05, 0.1) is 17.0 Å². The third-order valence-corrected chi connectivity index (χ3v) is 9.05. The van der Waals surface area contributed by atoms with Crippen molar-refractivity contribution in [2.24, 2.45) is 0 Å². The summed E-state index contributed by atoms with van der Waals surface area (Å²) in [6, 6.07) is 27.3. The molecule has 0 saturated carbocycles. The second-order valence-corrected chi connectivity index (χ2v) is 13.5. The van der Waals surface area contributed by atoms with Gasteiger partial charge >= 0.3 is 0 Å². The summed E-state index contributed by atoms with van der Waals surface area (Å²) in [6.07, 6.45) is 3.61. The summed E-state index contributed by atoms with van der Waals surface area (Å²) in [7, 11) is 0. The fourth-order valence-corrected chi connectivity index (χ4v) is 6.38. The van der Waals surface area contributed by atoms with E-state index in [1.165, 1.54) is 16.9 Å². The van der Waals surface area contributed by atoms with E-state index in [-0.39, 0.29) is 23.1 Å². The van der Waals surface area contributed by atoms with E-state index in [0.717, 1.165) is 29.5 Å². The van der Waals surface area contributed by atoms with Crippen molar-refractivity contribution in [2.45, 2.75) is 45.1 Å². The quantitative estimate of drug-likeness (QED) is 0.182. The average Bonchev–Trinajstić information content (AvgIpc) is 3.80. The zero-order valence-electron chi connectivity index (χ0n) is 26.7. The summed E-state index contributed by atoms with van der Waals surface area (Å²) in [5.41, 5.74) is 5.62. The molecule has 3 amide bonds. The number of benzene rings is 3. The van der Waals surface area contributed by atoms with Crippen LogP contribution in [0.2, 0.25) is 0 Å². The summed E-state index contributed by atoms with van der Waals surface area (Å²) in [5.74, 6) is -0.759. The molecule has 1 saturated heterocycles. The molecule has 1 aliphatic rings. The summed E-state index contributed by atoms with van der Waals surface area (Å²) in [5, 5.41) is 8.16. The van der Waals surface area contributed by atoms with Gasteiger partial charge in [0.25, 0.3) is 11.8 Å². The van der Waals surface area contributed by atoms with Crippen LogP contribution in [0, 0.1) is 0 Å². The molecule has 1 atom stereocenters. The lowest BCUT2D eigenvalue weighted by molar-refractivity contribution is -0.132. The van der Waals surface area contributed by atoms with Crippen LogP contribution in [-0.2, 0) is 10.2 Å². The summed E-state index contributed by atoms with van der Waals surface area (Å²) in [6.45, 7) is 7.88. The Morgan fingerprint density at radius 1 is 0.830 bits per heavy atom. The normalized spacial score (nSPS) is 13.6. The number of aromatic nitrogens is 2. The van der Waals surface area contributed by atoms with Gasteiger partial charge in [0.2, 0.25) is 5.91 Å². The largest absolute Gasteiger partial charge is 0.341 e. The van der Waals surface area contributed by atoms with E-state index in [1.54, 1.807) is 36.5 Å². The summed E-state index contributed by atoms with van der Waals surface area (Å²) >= 11 is 1.30. The lowest BCUT2D eigenvalue weighted by atomic mass is 9.86. The topological polar surface area (TPSA) is 104 Å². The maximum absolute atomic E-state index is 13.5. The third-order valence-electron chi connectivity index (χ3n) is 8.29. The Kier molecular flexibility index (Phi) is 9.26. The molecule has 0 radical (unpaired) electrons. The number of likely N-dealkylation sites (tertiary alicyclic amines) is 1. The Morgan fingerprint density at radius 2 is 1.57 bits per heavy atom. The molecule has 3 aromatic carbocycles. The van der Waals surface area contributed by atoms with Gasteiger partial charge < -0.3 is 10.2 Å². The average molecular weight is 644 g/mol. The fourth-order valence-electron chi connectivity index (χ4n) is 5.66. The molecular formula is C38H37N5O3S. The maximum atomic E-state index is 13.5. The molecule has 0 bridgehead atoms. The van der Waals surface area contributed by atoms with Gasteiger partial charge in [-0.1, -0.05) is 87.5 Å². The number of anilines is 1. The molecule has 2 aromatic heterocycles. The van der Waals surface area contributed by atoms with Gasteiger partial charge in [0.15, 0.2) is 5.13 Å². The Balaban J connectivity index is 1.17. The van der Waals surface area contributed by atoms with Crippen LogP contribution < -0.4 is 10.6 Å². The van der Waals surface area contributed by atoms with Crippen LogP contribution in [0.25, 0.3) is 22.5 Å². The van der Waals surface area contributed by atoms with Crippen LogP contribution in [0.15, 0.2) is 103 Å². The third kappa shape index (κ3) is 7.31. The highest BCUT2D eigenvalue weighted by atomic mass is 32.1. The molecule has 3 heterocycles. The number of nitrogens with zero attached hydrogens (tertiary/aromatic N) is 3. The minimum absolute atomic E-state index is 0.0195. The molecule has 9 heteroatoms. The minimum Gasteiger partial charge on any atom is -0.341 e. The molecule has 0 spiro atoms. The summed E-state index contributed by atoms with van der Waals surface area (Å²) < 4.78 is 0. The van der Waals surface area contributed by atoms with E-state index >= 15 is 0 Å². The molecule has 0 aliphatic carbocycles. The smallest absolute Gasteiger partial charge is 0.259 e. The van der Waals surface area contributed by atoms with E-state index in [9.17, 15) is 14.4 Å². The van der Waals surface area contributed by atoms with Crippen molar-refractivity contribution in [3.8, 4) is 22.5 Å². The van der Waals surface area contributed by atoms with Crippen LogP contribution in [0.4, 0.5) is 5.13 Å². The number of amides is 3. The SMILES string of the molecule is CC(C)(C)c1ccc(-c2ncccc2C(=O)Nc2nc(-c3cccc(C(=O)N[C@@H](C(=O)N4CCCC4)c4ccccc4)c3)cs2)cc1. The number of hydrogen-bond acceptors (Lipinski definition) is 6. The first kappa shape index (κ1) is 31.8. The predicted octanol–water partition coefficient (Wildman–Crippen LogP) is 7.52. The van der Waals surface area contributed by atoms with Crippen molar-refractivity contribution in [3.05, 3.63) is 125 Å². The van der Waals surface area contributed by atoms with Crippen LogP contribution in [0.3, 0.4) is 0 Å². The Morgan fingerprint density at radius 3 is 2.30 bits per heavy atom. The van der Waals surface area contributed by atoms with Crippen LogP contribution in [-0.4, -0.2) is 45.7 Å². The number of nitrogens with one attached hydrogen (secondary N) is 2. The van der Waals surface area contributed by atoms with Crippen molar-refractivity contribution in [2.75, 3.05) is 18.4 Å². The van der Waals surface area contributed by atoms with Crippen molar-refractivity contribution in [1.82, 2.24) is 20.2 Å². The first-order chi connectivity index (χ1) is 22.7. The molecular weight excluding hydrogens is 607 g/mol. The Bertz CT molecular complexity index is 1890. The van der Waals surface area contributed by atoms with Gasteiger partial charge in [-0.15, -0.1) is 11.3 Å². The zero-order valence-corrected chi connectivity index (χ0v) is 27.5. The van der Waals surface area contributed by atoms with E-state index in [0.29, 0.717) is 40.7 Å². The zero-order chi connectivity index (χ0) is 33.0. The monoisotopic (exact) mass is 643 g/mol.